The Balaban J connectivity index is 1.37. The van der Waals surface area contributed by atoms with Crippen molar-refractivity contribution in [2.75, 3.05) is 24.2 Å². The highest BCUT2D eigenvalue weighted by atomic mass is 127. The molecular weight excluding hydrogens is 641 g/mol. The van der Waals surface area contributed by atoms with E-state index < -0.39 is 9.84 Å². The molecule has 2 atom stereocenters. The molecule has 0 radical (unpaired) electrons. The molecule has 3 aromatic heterocycles. The molecule has 1 fully saturated rings. The van der Waals surface area contributed by atoms with Gasteiger partial charge in [-0.3, -0.25) is 9.78 Å². The van der Waals surface area contributed by atoms with E-state index in [0.717, 1.165) is 51.0 Å². The van der Waals surface area contributed by atoms with E-state index in [4.69, 9.17) is 14.7 Å². The molecule has 0 bridgehead atoms. The van der Waals surface area contributed by atoms with Crippen LogP contribution >= 0.6 is 22.6 Å². The molecule has 11 heteroatoms. The number of rotatable bonds is 6. The molecule has 5 rings (SSSR count). The van der Waals surface area contributed by atoms with Crippen molar-refractivity contribution in [1.82, 2.24) is 20.3 Å². The number of nitrogens with one attached hydrogen (secondary N) is 1. The predicted molar refractivity (Wildman–Crippen MR) is 163 cm³/mol. The molecule has 208 valence electrons. The van der Waals surface area contributed by atoms with E-state index in [1.54, 1.807) is 25.3 Å². The van der Waals surface area contributed by atoms with Crippen LogP contribution in [0.15, 0.2) is 59.6 Å². The average molecular weight is 672 g/mol. The maximum absolute atomic E-state index is 12.8. The highest BCUT2D eigenvalue weighted by Crippen LogP contribution is 2.28. The van der Waals surface area contributed by atoms with Crippen molar-refractivity contribution >= 4 is 55.1 Å². The van der Waals surface area contributed by atoms with Gasteiger partial charge in [0.05, 0.1) is 40.6 Å². The van der Waals surface area contributed by atoms with Crippen molar-refractivity contribution in [1.29, 1.82) is 0 Å². The average Bonchev–Trinajstić information content (AvgIpc) is 2.90. The van der Waals surface area contributed by atoms with Crippen LogP contribution in [0.2, 0.25) is 0 Å². The number of carbonyl (C=O) groups excluding carboxylic acids is 1. The molecule has 0 spiro atoms. The van der Waals surface area contributed by atoms with Crippen LogP contribution in [0.25, 0.3) is 22.3 Å². The van der Waals surface area contributed by atoms with Gasteiger partial charge in [-0.1, -0.05) is 6.07 Å². The first kappa shape index (κ1) is 28.4. The first-order valence-electron chi connectivity index (χ1n) is 12.9. The summed E-state index contributed by atoms with van der Waals surface area (Å²) in [5.41, 5.74) is 3.80. The summed E-state index contributed by atoms with van der Waals surface area (Å²) in [5.74, 6) is 0.517. The van der Waals surface area contributed by atoms with E-state index in [9.17, 15) is 13.2 Å². The standard InChI is InChI=1S/C29H30IN5O4S/c1-17-5-6-20(11-26(17)40(4,37)38)29(36)32-14-22-12-25-21(13-31-22)7-9-24(33-25)28-23(30)8-10-27(34-28)35-15-18(2)39-19(3)16-35/h5-13,18-19H,14-16H2,1-4H3,(H,32,36)/t18-,19+. The van der Waals surface area contributed by atoms with Gasteiger partial charge in [0.25, 0.3) is 5.91 Å². The van der Waals surface area contributed by atoms with Crippen LogP contribution in [-0.4, -0.2) is 60.8 Å². The van der Waals surface area contributed by atoms with Gasteiger partial charge in [0, 0.05) is 40.1 Å². The van der Waals surface area contributed by atoms with Crippen LogP contribution < -0.4 is 10.2 Å². The number of fused-ring (bicyclic) bond motifs is 1. The molecule has 1 aliphatic heterocycles. The van der Waals surface area contributed by atoms with Crippen molar-refractivity contribution < 1.29 is 17.9 Å². The lowest BCUT2D eigenvalue weighted by Crippen LogP contribution is -2.45. The van der Waals surface area contributed by atoms with Gasteiger partial charge in [0.1, 0.15) is 11.5 Å². The van der Waals surface area contributed by atoms with Gasteiger partial charge in [0.15, 0.2) is 9.84 Å². The Hall–Kier alpha value is -3.16. The number of benzene rings is 1. The van der Waals surface area contributed by atoms with Crippen molar-refractivity contribution in [3.63, 3.8) is 0 Å². The lowest BCUT2D eigenvalue weighted by molar-refractivity contribution is -0.00545. The molecule has 0 unspecified atom stereocenters. The molecule has 0 saturated carbocycles. The number of sulfone groups is 1. The summed E-state index contributed by atoms with van der Waals surface area (Å²) in [6.45, 7) is 7.57. The smallest absolute Gasteiger partial charge is 0.251 e. The summed E-state index contributed by atoms with van der Waals surface area (Å²) < 4.78 is 31.0. The SMILES string of the molecule is Cc1ccc(C(=O)NCc2cc3nc(-c4nc(N5C[C@@H](C)O[C@@H](C)C5)ccc4I)ccc3cn2)cc1S(C)(=O)=O. The fraction of sp³-hybridized carbons (Fsp3) is 0.310. The number of aryl methyl sites for hydroxylation is 1. The van der Waals surface area contributed by atoms with E-state index in [0.29, 0.717) is 11.3 Å². The highest BCUT2D eigenvalue weighted by Gasteiger charge is 2.24. The van der Waals surface area contributed by atoms with Gasteiger partial charge in [-0.15, -0.1) is 0 Å². The zero-order valence-corrected chi connectivity index (χ0v) is 25.7. The third-order valence-electron chi connectivity index (χ3n) is 6.73. The largest absolute Gasteiger partial charge is 0.372 e. The lowest BCUT2D eigenvalue weighted by Gasteiger charge is -2.36. The number of ether oxygens (including phenoxy) is 1. The molecule has 1 amide bonds. The van der Waals surface area contributed by atoms with Crippen LogP contribution in [0.1, 0.15) is 35.5 Å². The second-order valence-corrected chi connectivity index (χ2v) is 13.3. The number of morpholine rings is 1. The minimum absolute atomic E-state index is 0.131. The first-order valence-corrected chi connectivity index (χ1v) is 15.9. The van der Waals surface area contributed by atoms with Crippen molar-refractivity contribution in [2.45, 2.75) is 44.4 Å². The summed E-state index contributed by atoms with van der Waals surface area (Å²) in [4.78, 5) is 29.5. The molecule has 1 aliphatic rings. The predicted octanol–water partition coefficient (Wildman–Crippen LogP) is 4.55. The van der Waals surface area contributed by atoms with Crippen molar-refractivity contribution in [2.24, 2.45) is 0 Å². The number of aromatic nitrogens is 3. The van der Waals surface area contributed by atoms with Crippen LogP contribution in [0, 0.1) is 10.5 Å². The third kappa shape index (κ3) is 6.26. The molecule has 4 heterocycles. The van der Waals surface area contributed by atoms with E-state index in [1.807, 2.05) is 24.3 Å². The number of anilines is 1. The van der Waals surface area contributed by atoms with Gasteiger partial charge in [-0.05, 0) is 91.4 Å². The van der Waals surface area contributed by atoms with E-state index >= 15 is 0 Å². The Bertz CT molecular complexity index is 1700. The van der Waals surface area contributed by atoms with Gasteiger partial charge in [-0.2, -0.15) is 0 Å². The Kier molecular flexibility index (Phi) is 8.07. The molecular formula is C29H30IN5O4S. The van der Waals surface area contributed by atoms with E-state index in [-0.39, 0.29) is 35.1 Å². The summed E-state index contributed by atoms with van der Waals surface area (Å²) in [7, 11) is -3.44. The number of hydrogen-bond donors (Lipinski definition) is 1. The first-order chi connectivity index (χ1) is 19.0. The number of halogens is 1. The second-order valence-electron chi connectivity index (χ2n) is 10.2. The molecule has 1 saturated heterocycles. The quantitative estimate of drug-likeness (QED) is 0.297. The third-order valence-corrected chi connectivity index (χ3v) is 8.84. The number of hydrogen-bond acceptors (Lipinski definition) is 8. The van der Waals surface area contributed by atoms with Gasteiger partial charge >= 0.3 is 0 Å². The van der Waals surface area contributed by atoms with Crippen molar-refractivity contribution in [3.8, 4) is 11.4 Å². The number of amides is 1. The summed E-state index contributed by atoms with van der Waals surface area (Å²) >= 11 is 2.28. The maximum Gasteiger partial charge on any atom is 0.251 e. The molecule has 4 aromatic rings. The van der Waals surface area contributed by atoms with Gasteiger partial charge in [-0.25, -0.2) is 18.4 Å². The van der Waals surface area contributed by atoms with Gasteiger partial charge < -0.3 is 15.0 Å². The Morgan fingerprint density at radius 3 is 2.55 bits per heavy atom. The number of nitrogens with zero attached hydrogens (tertiary/aromatic N) is 4. The normalized spacial score (nSPS) is 17.7. The number of pyridine rings is 3. The molecule has 1 aromatic carbocycles. The maximum atomic E-state index is 12.8. The van der Waals surface area contributed by atoms with Crippen molar-refractivity contribution in [3.05, 3.63) is 75.1 Å². The minimum atomic E-state index is -3.44. The van der Waals surface area contributed by atoms with Crippen LogP contribution in [0.3, 0.4) is 0 Å². The lowest BCUT2D eigenvalue weighted by atomic mass is 10.1. The van der Waals surface area contributed by atoms with Crippen LogP contribution in [0.5, 0.6) is 0 Å². The monoisotopic (exact) mass is 671 g/mol. The molecule has 0 aliphatic carbocycles. The topological polar surface area (TPSA) is 114 Å². The summed E-state index contributed by atoms with van der Waals surface area (Å²) in [6, 6.07) is 14.5. The minimum Gasteiger partial charge on any atom is -0.372 e. The number of carbonyl (C=O) groups is 1. The molecule has 40 heavy (non-hydrogen) atoms. The fourth-order valence-corrected chi connectivity index (χ4v) is 6.42. The highest BCUT2D eigenvalue weighted by molar-refractivity contribution is 14.1. The summed E-state index contributed by atoms with van der Waals surface area (Å²) in [5, 5.41) is 3.70. The van der Waals surface area contributed by atoms with Crippen LogP contribution in [-0.2, 0) is 21.1 Å². The fourth-order valence-electron chi connectivity index (χ4n) is 4.85. The van der Waals surface area contributed by atoms with E-state index in [2.05, 4.69) is 57.7 Å². The Morgan fingerprint density at radius 2 is 1.82 bits per heavy atom. The second kappa shape index (κ2) is 11.4. The molecule has 1 N–H and O–H groups in total. The molecule has 9 nitrogen and oxygen atoms in total. The Labute approximate surface area is 247 Å². The zero-order chi connectivity index (χ0) is 28.6. The Morgan fingerprint density at radius 1 is 1.07 bits per heavy atom. The van der Waals surface area contributed by atoms with E-state index in [1.165, 1.54) is 6.07 Å². The van der Waals surface area contributed by atoms with Gasteiger partial charge in [0.2, 0.25) is 0 Å². The summed E-state index contributed by atoms with van der Waals surface area (Å²) in [6.07, 6.45) is 3.12. The zero-order valence-electron chi connectivity index (χ0n) is 22.7. The van der Waals surface area contributed by atoms with Crippen LogP contribution in [0.4, 0.5) is 5.82 Å².